The summed E-state index contributed by atoms with van der Waals surface area (Å²) in [4.78, 5) is 18.6. The summed E-state index contributed by atoms with van der Waals surface area (Å²) in [5.41, 5.74) is 5.04. The lowest BCUT2D eigenvalue weighted by atomic mass is 10.0. The number of likely N-dealkylation sites (tertiary alicyclic amines) is 1. The first-order valence-electron chi connectivity index (χ1n) is 9.29. The molecule has 2 aromatic heterocycles. The van der Waals surface area contributed by atoms with E-state index in [0.717, 1.165) is 49.4 Å². The Bertz CT molecular complexity index is 930. The molecule has 0 unspecified atom stereocenters. The van der Waals surface area contributed by atoms with Gasteiger partial charge in [0.1, 0.15) is 11.5 Å². The third kappa shape index (κ3) is 4.28. The lowest BCUT2D eigenvalue weighted by molar-refractivity contribution is 0.0904. The van der Waals surface area contributed by atoms with Gasteiger partial charge < -0.3 is 5.32 Å². The number of rotatable bonds is 5. The summed E-state index contributed by atoms with van der Waals surface area (Å²) < 4.78 is 15.0. The van der Waals surface area contributed by atoms with E-state index in [4.69, 9.17) is 0 Å². The third-order valence-electron chi connectivity index (χ3n) is 5.09. The minimum Gasteiger partial charge on any atom is -0.348 e. The van der Waals surface area contributed by atoms with Crippen LogP contribution in [-0.4, -0.2) is 44.7 Å². The molecule has 0 radical (unpaired) electrons. The van der Waals surface area contributed by atoms with Crippen molar-refractivity contribution in [2.24, 2.45) is 7.05 Å². The highest BCUT2D eigenvalue weighted by molar-refractivity contribution is 7.07. The smallest absolute Gasteiger partial charge is 0.270 e. The standard InChI is InChI=1S/C20H22FN5OS/c1-25-17(10-18(24-25)14-2-4-15(21)5-3-14)11-26-8-6-16(7-9-26)23-20(27)19-12-28-13-22-19/h2-5,10,12-13,16H,6-9,11H2,1H3,(H,23,27). The molecule has 4 rings (SSSR count). The summed E-state index contributed by atoms with van der Waals surface area (Å²) in [7, 11) is 1.93. The van der Waals surface area contributed by atoms with Crippen LogP contribution in [0.25, 0.3) is 11.3 Å². The molecule has 0 aliphatic carbocycles. The van der Waals surface area contributed by atoms with Gasteiger partial charge in [-0.3, -0.25) is 14.4 Å². The fraction of sp³-hybridized carbons (Fsp3) is 0.350. The van der Waals surface area contributed by atoms with E-state index in [1.54, 1.807) is 23.0 Å². The topological polar surface area (TPSA) is 63.1 Å². The van der Waals surface area contributed by atoms with Crippen LogP contribution in [0.2, 0.25) is 0 Å². The molecule has 28 heavy (non-hydrogen) atoms. The molecule has 0 saturated carbocycles. The molecule has 1 fully saturated rings. The number of amides is 1. The van der Waals surface area contributed by atoms with Gasteiger partial charge in [0.05, 0.1) is 16.9 Å². The quantitative estimate of drug-likeness (QED) is 0.716. The number of hydrogen-bond donors (Lipinski definition) is 1. The van der Waals surface area contributed by atoms with Crippen LogP contribution in [0.5, 0.6) is 0 Å². The zero-order valence-electron chi connectivity index (χ0n) is 15.6. The van der Waals surface area contributed by atoms with Crippen molar-refractivity contribution in [1.29, 1.82) is 0 Å². The molecule has 0 spiro atoms. The Kier molecular flexibility index (Phi) is 5.50. The van der Waals surface area contributed by atoms with Gasteiger partial charge in [0, 0.05) is 43.7 Å². The summed E-state index contributed by atoms with van der Waals surface area (Å²) in [6, 6.07) is 8.65. The average molecular weight is 399 g/mol. The number of nitrogens with zero attached hydrogens (tertiary/aromatic N) is 4. The van der Waals surface area contributed by atoms with Crippen molar-refractivity contribution >= 4 is 17.2 Å². The van der Waals surface area contributed by atoms with Crippen LogP contribution in [0.15, 0.2) is 41.2 Å². The molecule has 1 N–H and O–H groups in total. The molecule has 1 aliphatic heterocycles. The Hall–Kier alpha value is -2.58. The molecule has 1 amide bonds. The van der Waals surface area contributed by atoms with Crippen molar-refractivity contribution in [1.82, 2.24) is 25.0 Å². The van der Waals surface area contributed by atoms with Crippen LogP contribution < -0.4 is 5.32 Å². The maximum Gasteiger partial charge on any atom is 0.270 e. The van der Waals surface area contributed by atoms with Crippen LogP contribution >= 0.6 is 11.3 Å². The molecule has 6 nitrogen and oxygen atoms in total. The Labute approximate surface area is 167 Å². The number of hydrogen-bond acceptors (Lipinski definition) is 5. The Morgan fingerprint density at radius 2 is 2.04 bits per heavy atom. The maximum absolute atomic E-state index is 13.1. The molecule has 146 valence electrons. The number of aryl methyl sites for hydroxylation is 1. The fourth-order valence-electron chi connectivity index (χ4n) is 3.46. The predicted octanol–water partition coefficient (Wildman–Crippen LogP) is 3.08. The number of thiazole rings is 1. The van der Waals surface area contributed by atoms with E-state index < -0.39 is 0 Å². The highest BCUT2D eigenvalue weighted by Crippen LogP contribution is 2.21. The van der Waals surface area contributed by atoms with Crippen LogP contribution in [0, 0.1) is 5.82 Å². The second-order valence-electron chi connectivity index (χ2n) is 7.05. The van der Waals surface area contributed by atoms with Gasteiger partial charge in [0.2, 0.25) is 0 Å². The van der Waals surface area contributed by atoms with Crippen molar-refractivity contribution in [3.05, 3.63) is 58.4 Å². The van der Waals surface area contributed by atoms with E-state index in [0.29, 0.717) is 5.69 Å². The van der Waals surface area contributed by atoms with Crippen molar-refractivity contribution < 1.29 is 9.18 Å². The number of carbonyl (C=O) groups excluding carboxylic acids is 1. The number of piperidine rings is 1. The van der Waals surface area contributed by atoms with E-state index in [9.17, 15) is 9.18 Å². The lowest BCUT2D eigenvalue weighted by Crippen LogP contribution is -2.44. The molecule has 0 bridgehead atoms. The SMILES string of the molecule is Cn1nc(-c2ccc(F)cc2)cc1CN1CCC(NC(=O)c2cscn2)CC1. The van der Waals surface area contributed by atoms with Gasteiger partial charge in [-0.25, -0.2) is 9.37 Å². The number of benzene rings is 1. The van der Waals surface area contributed by atoms with Crippen molar-refractivity contribution in [3.8, 4) is 11.3 Å². The van der Waals surface area contributed by atoms with Gasteiger partial charge in [0.15, 0.2) is 0 Å². The first kappa shape index (κ1) is 18.8. The van der Waals surface area contributed by atoms with Crippen LogP contribution in [-0.2, 0) is 13.6 Å². The number of nitrogens with one attached hydrogen (secondary N) is 1. The minimum absolute atomic E-state index is 0.0877. The summed E-state index contributed by atoms with van der Waals surface area (Å²) in [6.45, 7) is 2.63. The Morgan fingerprint density at radius 1 is 1.29 bits per heavy atom. The van der Waals surface area contributed by atoms with Crippen molar-refractivity contribution in [3.63, 3.8) is 0 Å². The van der Waals surface area contributed by atoms with Gasteiger partial charge in [-0.05, 0) is 43.2 Å². The monoisotopic (exact) mass is 399 g/mol. The van der Waals surface area contributed by atoms with E-state index in [1.807, 2.05) is 11.7 Å². The molecule has 1 aromatic carbocycles. The molecular weight excluding hydrogens is 377 g/mol. The normalized spacial score (nSPS) is 15.6. The van der Waals surface area contributed by atoms with Crippen LogP contribution in [0.1, 0.15) is 29.0 Å². The first-order chi connectivity index (χ1) is 13.6. The first-order valence-corrected chi connectivity index (χ1v) is 10.2. The van der Waals surface area contributed by atoms with Crippen LogP contribution in [0.4, 0.5) is 4.39 Å². The predicted molar refractivity (Wildman–Crippen MR) is 106 cm³/mol. The summed E-state index contributed by atoms with van der Waals surface area (Å²) in [5.74, 6) is -0.333. The highest BCUT2D eigenvalue weighted by Gasteiger charge is 2.22. The third-order valence-corrected chi connectivity index (χ3v) is 5.68. The Balaban J connectivity index is 1.32. The van der Waals surface area contributed by atoms with E-state index >= 15 is 0 Å². The largest absolute Gasteiger partial charge is 0.348 e. The van der Waals surface area contributed by atoms with Gasteiger partial charge in [-0.15, -0.1) is 11.3 Å². The van der Waals surface area contributed by atoms with Gasteiger partial charge in [-0.2, -0.15) is 5.10 Å². The second kappa shape index (κ2) is 8.20. The number of carbonyl (C=O) groups is 1. The molecule has 8 heteroatoms. The van der Waals surface area contributed by atoms with E-state index in [1.165, 1.54) is 23.5 Å². The van der Waals surface area contributed by atoms with Gasteiger partial charge in [-0.1, -0.05) is 0 Å². The summed E-state index contributed by atoms with van der Waals surface area (Å²) in [6.07, 6.45) is 1.83. The summed E-state index contributed by atoms with van der Waals surface area (Å²) >= 11 is 1.43. The maximum atomic E-state index is 13.1. The minimum atomic E-state index is -0.246. The van der Waals surface area contributed by atoms with E-state index in [2.05, 4.69) is 26.4 Å². The van der Waals surface area contributed by atoms with Crippen molar-refractivity contribution in [2.45, 2.75) is 25.4 Å². The zero-order valence-corrected chi connectivity index (χ0v) is 16.5. The van der Waals surface area contributed by atoms with Gasteiger partial charge >= 0.3 is 0 Å². The lowest BCUT2D eigenvalue weighted by Gasteiger charge is -2.32. The molecule has 3 heterocycles. The van der Waals surface area contributed by atoms with Crippen LogP contribution in [0.3, 0.4) is 0 Å². The molecule has 1 saturated heterocycles. The molecule has 1 aliphatic rings. The molecular formula is C20H22FN5OS. The van der Waals surface area contributed by atoms with Gasteiger partial charge in [0.25, 0.3) is 5.91 Å². The zero-order chi connectivity index (χ0) is 19.5. The summed E-state index contributed by atoms with van der Waals surface area (Å²) in [5, 5.41) is 9.41. The van der Waals surface area contributed by atoms with Crippen molar-refractivity contribution in [2.75, 3.05) is 13.1 Å². The molecule has 0 atom stereocenters. The Morgan fingerprint density at radius 3 is 2.71 bits per heavy atom. The highest BCUT2D eigenvalue weighted by atomic mass is 32.1. The second-order valence-corrected chi connectivity index (χ2v) is 7.77. The fourth-order valence-corrected chi connectivity index (χ4v) is 4.00. The number of halogens is 1. The number of aromatic nitrogens is 3. The average Bonchev–Trinajstić information content (AvgIpc) is 3.35. The van der Waals surface area contributed by atoms with E-state index in [-0.39, 0.29) is 17.8 Å². The molecule has 3 aromatic rings.